The van der Waals surface area contributed by atoms with Gasteiger partial charge in [-0.15, -0.1) is 11.8 Å². The minimum Gasteiger partial charge on any atom is -0.480 e. The van der Waals surface area contributed by atoms with E-state index in [4.69, 9.17) is 0 Å². The van der Waals surface area contributed by atoms with Crippen molar-refractivity contribution in [3.63, 3.8) is 0 Å². The van der Waals surface area contributed by atoms with Crippen LogP contribution in [-0.4, -0.2) is 97.1 Å². The van der Waals surface area contributed by atoms with Crippen molar-refractivity contribution in [2.45, 2.75) is 49.5 Å². The molecule has 0 spiro atoms. The molecule has 2 N–H and O–H groups in total. The van der Waals surface area contributed by atoms with Gasteiger partial charge in [-0.05, 0) is 32.9 Å². The predicted octanol–water partition coefficient (Wildman–Crippen LogP) is 1.52. The molecule has 3 aliphatic heterocycles. The van der Waals surface area contributed by atoms with Crippen LogP contribution in [0.1, 0.15) is 31.1 Å². The summed E-state index contributed by atoms with van der Waals surface area (Å²) in [5, 5.41) is 18.6. The number of aliphatic carboxylic acids is 1. The lowest BCUT2D eigenvalue weighted by Crippen LogP contribution is -2.65. The highest BCUT2D eigenvalue weighted by molar-refractivity contribution is 8.01. The van der Waals surface area contributed by atoms with E-state index in [1.165, 1.54) is 22.9 Å². The maximum atomic E-state index is 15.1. The van der Waals surface area contributed by atoms with E-state index in [1.807, 2.05) is 30.6 Å². The monoisotopic (exact) mass is 545 g/mol. The van der Waals surface area contributed by atoms with Gasteiger partial charge in [-0.2, -0.15) is 0 Å². The topological polar surface area (TPSA) is 136 Å². The molecule has 0 radical (unpaired) electrons. The second-order valence-electron chi connectivity index (χ2n) is 10.1. The average molecular weight is 546 g/mol. The van der Waals surface area contributed by atoms with Crippen LogP contribution in [0.5, 0.6) is 0 Å². The van der Waals surface area contributed by atoms with Crippen molar-refractivity contribution in [1.29, 1.82) is 0 Å². The molecule has 38 heavy (non-hydrogen) atoms. The summed E-state index contributed by atoms with van der Waals surface area (Å²) < 4.78 is 16.1. The van der Waals surface area contributed by atoms with Gasteiger partial charge in [-0.25, -0.2) is 14.0 Å². The second kappa shape index (κ2) is 9.29. The van der Waals surface area contributed by atoms with Gasteiger partial charge < -0.3 is 29.5 Å². The number of piperazine rings is 1. The lowest BCUT2D eigenvalue weighted by molar-refractivity contribution is -0.158. The van der Waals surface area contributed by atoms with Crippen LogP contribution < -0.4 is 10.3 Å². The first-order chi connectivity index (χ1) is 17.9. The van der Waals surface area contributed by atoms with Crippen molar-refractivity contribution in [3.8, 4) is 0 Å². The van der Waals surface area contributed by atoms with E-state index >= 15 is 4.39 Å². The molecule has 3 atom stereocenters. The van der Waals surface area contributed by atoms with Gasteiger partial charge >= 0.3 is 11.9 Å². The number of rotatable bonds is 6. The molecular weight excluding hydrogens is 517 g/mol. The van der Waals surface area contributed by atoms with E-state index in [-0.39, 0.29) is 16.7 Å². The Bertz CT molecular complexity index is 1430. The van der Waals surface area contributed by atoms with Gasteiger partial charge in [0.25, 0.3) is 5.91 Å². The molecule has 3 fully saturated rings. The summed E-state index contributed by atoms with van der Waals surface area (Å²) in [6.45, 7) is 7.83. The number of benzene rings is 1. The van der Waals surface area contributed by atoms with Crippen LogP contribution in [0.2, 0.25) is 0 Å². The third kappa shape index (κ3) is 4.08. The molecule has 0 aliphatic carbocycles. The highest BCUT2D eigenvalue weighted by atomic mass is 32.2. The van der Waals surface area contributed by atoms with Crippen molar-refractivity contribution in [1.82, 2.24) is 14.4 Å². The Morgan fingerprint density at radius 2 is 1.87 bits per heavy atom. The normalized spacial score (nSPS) is 24.7. The van der Waals surface area contributed by atoms with Gasteiger partial charge in [0, 0.05) is 49.1 Å². The molecule has 3 saturated heterocycles. The number of aromatic nitrogens is 1. The highest BCUT2D eigenvalue weighted by Gasteiger charge is 2.63. The first kappa shape index (κ1) is 26.0. The number of hydrogen-bond acceptors (Lipinski definition) is 7. The van der Waals surface area contributed by atoms with Gasteiger partial charge in [0.2, 0.25) is 5.43 Å². The third-order valence-electron chi connectivity index (χ3n) is 7.41. The van der Waals surface area contributed by atoms with E-state index in [1.54, 1.807) is 17.0 Å². The number of β-lactam (4-membered cyclic amide) rings is 1. The summed E-state index contributed by atoms with van der Waals surface area (Å²) >= 11 is 1.44. The van der Waals surface area contributed by atoms with Crippen molar-refractivity contribution >= 4 is 52.5 Å². The van der Waals surface area contributed by atoms with Crippen LogP contribution in [0.15, 0.2) is 28.1 Å². The van der Waals surface area contributed by atoms with Gasteiger partial charge in [0.15, 0.2) is 6.04 Å². The minimum absolute atomic E-state index is 0.0241. The molecule has 2 aromatic rings. The van der Waals surface area contributed by atoms with E-state index < -0.39 is 45.6 Å². The Labute approximate surface area is 221 Å². The SMILES string of the molecule is CCn1cc(C(=O)O)c(=O)c2cc(F)c(N3CCN(C=NC4C(=O)N5C4SC(C)(C)C5C(=O)O)CC3)cc21. The lowest BCUT2D eigenvalue weighted by Gasteiger charge is -2.42. The highest BCUT2D eigenvalue weighted by Crippen LogP contribution is 2.51. The number of nitrogens with zero attached hydrogens (tertiary/aromatic N) is 5. The maximum Gasteiger partial charge on any atom is 0.341 e. The molecule has 1 amide bonds. The van der Waals surface area contributed by atoms with Crippen LogP contribution in [0, 0.1) is 5.82 Å². The number of aliphatic imine (C=N–C) groups is 1. The first-order valence-corrected chi connectivity index (χ1v) is 13.2. The van der Waals surface area contributed by atoms with Crippen LogP contribution >= 0.6 is 11.8 Å². The van der Waals surface area contributed by atoms with Crippen molar-refractivity contribution < 1.29 is 29.0 Å². The molecule has 4 heterocycles. The van der Waals surface area contributed by atoms with E-state index in [0.29, 0.717) is 43.9 Å². The molecule has 13 heteroatoms. The van der Waals surface area contributed by atoms with Gasteiger partial charge in [0.1, 0.15) is 22.8 Å². The van der Waals surface area contributed by atoms with Crippen LogP contribution in [0.25, 0.3) is 10.9 Å². The Kier molecular flexibility index (Phi) is 6.36. The van der Waals surface area contributed by atoms with Crippen molar-refractivity contribution in [3.05, 3.63) is 39.9 Å². The zero-order valence-electron chi connectivity index (χ0n) is 21.1. The number of hydrogen-bond donors (Lipinski definition) is 2. The van der Waals surface area contributed by atoms with Crippen LogP contribution in [0.3, 0.4) is 0 Å². The molecule has 1 aromatic carbocycles. The summed E-state index contributed by atoms with van der Waals surface area (Å²) in [4.78, 5) is 58.0. The standard InChI is InChI=1S/C25H28FN5O6S/c1-4-29-11-14(23(34)35)19(32)13-9-15(26)17(10-16(13)29)30-7-5-28(6-8-30)12-27-18-21(33)31-20(24(36)37)25(2,3)38-22(18)31/h9-12,18,20,22H,4-8H2,1-3H3,(H,34,35)(H,36,37). The summed E-state index contributed by atoms with van der Waals surface area (Å²) in [6, 6.07) is 1.20. The fourth-order valence-corrected chi connectivity index (χ4v) is 7.05. The van der Waals surface area contributed by atoms with Crippen molar-refractivity contribution in [2.75, 3.05) is 31.1 Å². The van der Waals surface area contributed by atoms with Crippen LogP contribution in [-0.2, 0) is 16.1 Å². The summed E-state index contributed by atoms with van der Waals surface area (Å²) in [7, 11) is 0. The largest absolute Gasteiger partial charge is 0.480 e. The van der Waals surface area contributed by atoms with Crippen LogP contribution in [0.4, 0.5) is 10.1 Å². The molecular formula is C25H28FN5O6S. The number of halogens is 1. The number of thioether (sulfide) groups is 1. The van der Waals surface area contributed by atoms with Gasteiger partial charge in [-0.3, -0.25) is 14.6 Å². The summed E-state index contributed by atoms with van der Waals surface area (Å²) in [5.41, 5.74) is -0.322. The average Bonchev–Trinajstić information content (AvgIpc) is 3.12. The summed E-state index contributed by atoms with van der Waals surface area (Å²) in [5.74, 6) is -3.26. The molecule has 202 valence electrons. The molecule has 11 nitrogen and oxygen atoms in total. The Hall–Kier alpha value is -3.61. The zero-order chi connectivity index (χ0) is 27.5. The number of anilines is 1. The maximum absolute atomic E-state index is 15.1. The minimum atomic E-state index is -1.35. The van der Waals surface area contributed by atoms with Gasteiger partial charge in [-0.1, -0.05) is 0 Å². The molecule has 3 aliphatic rings. The van der Waals surface area contributed by atoms with E-state index in [2.05, 4.69) is 4.99 Å². The summed E-state index contributed by atoms with van der Waals surface area (Å²) in [6.07, 6.45) is 2.91. The number of pyridine rings is 1. The van der Waals surface area contributed by atoms with E-state index in [9.17, 15) is 29.4 Å². The molecule has 3 unspecified atom stereocenters. The lowest BCUT2D eigenvalue weighted by atomic mass is 9.96. The molecule has 5 rings (SSSR count). The number of amides is 1. The Morgan fingerprint density at radius 1 is 1.18 bits per heavy atom. The smallest absolute Gasteiger partial charge is 0.341 e. The zero-order valence-corrected chi connectivity index (χ0v) is 21.9. The molecule has 0 saturated carbocycles. The number of fused-ring (bicyclic) bond motifs is 2. The molecule has 1 aromatic heterocycles. The number of carboxylic acid groups (broad SMARTS) is 2. The fourth-order valence-electron chi connectivity index (χ4n) is 5.43. The number of carbonyl (C=O) groups is 3. The van der Waals surface area contributed by atoms with E-state index in [0.717, 1.165) is 6.07 Å². The fraction of sp³-hybridized carbons (Fsp3) is 0.480. The Balaban J connectivity index is 1.29. The number of aryl methyl sites for hydroxylation is 1. The number of aromatic carboxylic acids is 1. The van der Waals surface area contributed by atoms with Gasteiger partial charge in [0.05, 0.1) is 17.5 Å². The quantitative estimate of drug-likeness (QED) is 0.315. The number of carbonyl (C=O) groups excluding carboxylic acids is 1. The predicted molar refractivity (Wildman–Crippen MR) is 141 cm³/mol. The van der Waals surface area contributed by atoms with Crippen molar-refractivity contribution in [2.24, 2.45) is 4.99 Å². The second-order valence-corrected chi connectivity index (χ2v) is 11.9. The number of carboxylic acids is 2. The Morgan fingerprint density at radius 3 is 2.47 bits per heavy atom. The molecule has 0 bridgehead atoms. The first-order valence-electron chi connectivity index (χ1n) is 12.3. The third-order valence-corrected chi connectivity index (χ3v) is 8.97.